The Morgan fingerprint density at radius 3 is 2.33 bits per heavy atom. The van der Waals surface area contributed by atoms with E-state index in [1.54, 1.807) is 0 Å². The van der Waals surface area contributed by atoms with Gasteiger partial charge in [0.05, 0.1) is 17.0 Å². The molecule has 0 spiro atoms. The molecule has 4 saturated heterocycles. The van der Waals surface area contributed by atoms with Crippen molar-refractivity contribution in [2.45, 2.75) is 18.5 Å². The van der Waals surface area contributed by atoms with Crippen LogP contribution in [0.2, 0.25) is 0 Å². The number of ketones is 1. The van der Waals surface area contributed by atoms with Crippen LogP contribution in [0, 0.1) is 5.41 Å². The van der Waals surface area contributed by atoms with E-state index < -0.39 is 5.41 Å². The third-order valence-corrected chi connectivity index (χ3v) is 6.95. The minimum Gasteiger partial charge on any atom is -0.361 e. The number of nitrogens with zero attached hydrogens (tertiary/aromatic N) is 2. The van der Waals surface area contributed by atoms with Crippen LogP contribution in [0.5, 0.6) is 0 Å². The van der Waals surface area contributed by atoms with Gasteiger partial charge in [-0.1, -0.05) is 55.5 Å². The molecule has 0 aliphatic carbocycles. The second-order valence-corrected chi connectivity index (χ2v) is 8.81. The molecule has 3 aromatic rings. The zero-order chi connectivity index (χ0) is 18.2. The molecular weight excluding hydrogens is 334 g/mol. The van der Waals surface area contributed by atoms with E-state index in [0.717, 1.165) is 26.2 Å². The van der Waals surface area contributed by atoms with Crippen molar-refractivity contribution < 1.29 is 4.79 Å². The van der Waals surface area contributed by atoms with Gasteiger partial charge in [-0.15, -0.1) is 0 Å². The topological polar surface area (TPSA) is 39.3 Å². The summed E-state index contributed by atoms with van der Waals surface area (Å²) in [4.78, 5) is 22.1. The summed E-state index contributed by atoms with van der Waals surface area (Å²) >= 11 is 0. The lowest BCUT2D eigenvalue weighted by Gasteiger charge is -2.65. The quantitative estimate of drug-likeness (QED) is 0.765. The number of hydrogen-bond acceptors (Lipinski definition) is 3. The van der Waals surface area contributed by atoms with Gasteiger partial charge in [0, 0.05) is 48.8 Å². The van der Waals surface area contributed by atoms with E-state index in [-0.39, 0.29) is 11.6 Å². The average molecular weight is 357 g/mol. The number of para-hydroxylation sites is 1. The summed E-state index contributed by atoms with van der Waals surface area (Å²) in [5.41, 5.74) is 3.02. The van der Waals surface area contributed by atoms with Gasteiger partial charge in [-0.3, -0.25) is 14.6 Å². The molecule has 0 saturated carbocycles. The summed E-state index contributed by atoms with van der Waals surface area (Å²) < 4.78 is 0. The maximum atomic E-state index is 13.6. The van der Waals surface area contributed by atoms with Crippen molar-refractivity contribution in [1.29, 1.82) is 0 Å². The van der Waals surface area contributed by atoms with E-state index in [0.29, 0.717) is 5.78 Å². The third-order valence-electron chi connectivity index (χ3n) is 6.95. The van der Waals surface area contributed by atoms with Gasteiger partial charge in [-0.2, -0.15) is 0 Å². The molecule has 0 amide bonds. The zero-order valence-electron chi connectivity index (χ0n) is 15.5. The van der Waals surface area contributed by atoms with Crippen molar-refractivity contribution >= 4 is 16.7 Å². The van der Waals surface area contributed by atoms with E-state index >= 15 is 0 Å². The third kappa shape index (κ3) is 1.92. The van der Waals surface area contributed by atoms with Crippen LogP contribution in [0.25, 0.3) is 10.9 Å². The van der Waals surface area contributed by atoms with Crippen LogP contribution < -0.4 is 0 Å². The van der Waals surface area contributed by atoms with Gasteiger partial charge < -0.3 is 4.98 Å². The van der Waals surface area contributed by atoms with Crippen LogP contribution in [0.3, 0.4) is 0 Å². The summed E-state index contributed by atoms with van der Waals surface area (Å²) in [6.45, 7) is 5.48. The molecule has 0 radical (unpaired) electrons. The number of aromatic amines is 1. The molecule has 4 fully saturated rings. The Labute approximate surface area is 158 Å². The number of hydrogen-bond donors (Lipinski definition) is 1. The average Bonchev–Trinajstić information content (AvgIpc) is 3.10. The van der Waals surface area contributed by atoms with Crippen molar-refractivity contribution in [2.75, 3.05) is 26.2 Å². The highest BCUT2D eigenvalue weighted by molar-refractivity contribution is 5.98. The van der Waals surface area contributed by atoms with Crippen molar-refractivity contribution in [2.24, 2.45) is 5.41 Å². The maximum absolute atomic E-state index is 13.6. The predicted octanol–water partition coefficient (Wildman–Crippen LogP) is 3.32. The van der Waals surface area contributed by atoms with Gasteiger partial charge in [0.1, 0.15) is 0 Å². The summed E-state index contributed by atoms with van der Waals surface area (Å²) in [6, 6.07) is 18.9. The molecule has 5 heterocycles. The lowest BCUT2D eigenvalue weighted by molar-refractivity contribution is -0.185. The monoisotopic (exact) mass is 357 g/mol. The SMILES string of the molecule is CC12CN3CC(c4ccccc4)(CN(C1)C3c1c[nH]c3ccccc13)C2=O. The first-order valence-electron chi connectivity index (χ1n) is 9.75. The Bertz CT molecular complexity index is 1040. The molecule has 27 heavy (non-hydrogen) atoms. The second-order valence-electron chi connectivity index (χ2n) is 8.81. The molecule has 2 aromatic carbocycles. The van der Waals surface area contributed by atoms with E-state index in [1.807, 2.05) is 6.07 Å². The highest BCUT2D eigenvalue weighted by Crippen LogP contribution is 2.53. The lowest BCUT2D eigenvalue weighted by Crippen LogP contribution is -2.77. The first kappa shape index (κ1) is 15.6. The fourth-order valence-corrected chi connectivity index (χ4v) is 6.02. The Morgan fingerprint density at radius 2 is 1.59 bits per heavy atom. The molecule has 1 aromatic heterocycles. The number of aromatic nitrogens is 1. The smallest absolute Gasteiger partial charge is 0.154 e. The van der Waals surface area contributed by atoms with Crippen LogP contribution in [0.4, 0.5) is 0 Å². The molecule has 4 nitrogen and oxygen atoms in total. The summed E-state index contributed by atoms with van der Waals surface area (Å²) in [7, 11) is 0. The number of rotatable bonds is 2. The van der Waals surface area contributed by atoms with E-state index in [1.165, 1.54) is 22.0 Å². The molecule has 4 aliphatic heterocycles. The zero-order valence-corrected chi connectivity index (χ0v) is 15.5. The summed E-state index contributed by atoms with van der Waals surface area (Å²) in [6.07, 6.45) is 2.41. The van der Waals surface area contributed by atoms with E-state index in [2.05, 4.69) is 76.4 Å². The number of benzene rings is 2. The number of Topliss-reactive ketones (excluding diaryl/α,β-unsaturated/α-hetero) is 1. The van der Waals surface area contributed by atoms with Gasteiger partial charge in [0.15, 0.2) is 5.78 Å². The number of carbonyl (C=O) groups excluding carboxylic acids is 1. The van der Waals surface area contributed by atoms with E-state index in [9.17, 15) is 4.79 Å². The number of H-pyrrole nitrogens is 1. The standard InChI is InChI=1S/C23H23N3O/c1-22-12-25-14-23(21(22)27,16-7-3-2-4-8-16)15-26(13-22)20(25)18-11-24-19-10-6-5-9-17(18)19/h2-11,20,24H,12-15H2,1H3. The molecular formula is C23H23N3O. The minimum absolute atomic E-state index is 0.249. The predicted molar refractivity (Wildman–Crippen MR) is 105 cm³/mol. The first-order valence-corrected chi connectivity index (χ1v) is 9.75. The van der Waals surface area contributed by atoms with Gasteiger partial charge in [-0.05, 0) is 11.6 Å². The molecule has 4 bridgehead atoms. The largest absolute Gasteiger partial charge is 0.361 e. The fourth-order valence-electron chi connectivity index (χ4n) is 6.02. The van der Waals surface area contributed by atoms with Crippen LogP contribution >= 0.6 is 0 Å². The van der Waals surface area contributed by atoms with Crippen LogP contribution in [0.1, 0.15) is 24.2 Å². The highest BCUT2D eigenvalue weighted by Gasteiger charge is 2.64. The molecule has 4 aliphatic rings. The maximum Gasteiger partial charge on any atom is 0.154 e. The molecule has 7 rings (SSSR count). The number of fused-ring (bicyclic) bond motifs is 1. The minimum atomic E-state index is -0.394. The van der Waals surface area contributed by atoms with E-state index in [4.69, 9.17) is 0 Å². The van der Waals surface area contributed by atoms with Crippen LogP contribution in [-0.4, -0.2) is 46.7 Å². The molecule has 4 heteroatoms. The number of carbonyl (C=O) groups is 1. The van der Waals surface area contributed by atoms with Gasteiger partial charge in [0.25, 0.3) is 0 Å². The lowest BCUT2D eigenvalue weighted by atomic mass is 9.58. The van der Waals surface area contributed by atoms with Crippen molar-refractivity contribution in [3.63, 3.8) is 0 Å². The molecule has 136 valence electrons. The first-order chi connectivity index (χ1) is 13.1. The Kier molecular flexibility index (Phi) is 2.94. The van der Waals surface area contributed by atoms with Gasteiger partial charge >= 0.3 is 0 Å². The molecule has 2 unspecified atom stereocenters. The molecule has 2 atom stereocenters. The normalized spacial score (nSPS) is 37.2. The van der Waals surface area contributed by atoms with Crippen molar-refractivity contribution in [1.82, 2.24) is 14.8 Å². The van der Waals surface area contributed by atoms with Crippen LogP contribution in [-0.2, 0) is 10.2 Å². The van der Waals surface area contributed by atoms with Gasteiger partial charge in [0.2, 0.25) is 0 Å². The highest BCUT2D eigenvalue weighted by atomic mass is 16.1. The molecule has 1 N–H and O–H groups in total. The summed E-state index contributed by atoms with van der Waals surface area (Å²) in [5, 5.41) is 1.29. The Balaban J connectivity index is 1.49. The van der Waals surface area contributed by atoms with Crippen molar-refractivity contribution in [3.8, 4) is 0 Å². The van der Waals surface area contributed by atoms with Crippen LogP contribution in [0.15, 0.2) is 60.8 Å². The Morgan fingerprint density at radius 1 is 0.926 bits per heavy atom. The van der Waals surface area contributed by atoms with Gasteiger partial charge in [-0.25, -0.2) is 0 Å². The Hall–Kier alpha value is -2.43. The number of nitrogens with one attached hydrogen (secondary N) is 1. The summed E-state index contributed by atoms with van der Waals surface area (Å²) in [5.74, 6) is 0.436. The number of piperidine rings is 2. The fraction of sp³-hybridized carbons (Fsp3) is 0.348. The van der Waals surface area contributed by atoms with Crippen molar-refractivity contribution in [3.05, 3.63) is 71.9 Å². The second kappa shape index (κ2) is 5.09.